The summed E-state index contributed by atoms with van der Waals surface area (Å²) in [5.74, 6) is 0.932. The van der Waals surface area contributed by atoms with E-state index in [2.05, 4.69) is 43.2 Å². The Morgan fingerprint density at radius 1 is 1.40 bits per heavy atom. The molecule has 0 amide bonds. The molecular weight excluding hydrogens is 246 g/mol. The van der Waals surface area contributed by atoms with Crippen molar-refractivity contribution < 1.29 is 0 Å². The molecule has 2 saturated carbocycles. The Hall–Kier alpha value is -0.830. The summed E-state index contributed by atoms with van der Waals surface area (Å²) >= 11 is 0. The minimum absolute atomic E-state index is 0.471. The van der Waals surface area contributed by atoms with Crippen molar-refractivity contribution in [2.45, 2.75) is 65.8 Å². The summed E-state index contributed by atoms with van der Waals surface area (Å²) in [6.45, 7) is 10.7. The molecule has 20 heavy (non-hydrogen) atoms. The highest BCUT2D eigenvalue weighted by Crippen LogP contribution is 2.62. The number of hydrogen-bond donors (Lipinski definition) is 2. The first-order valence-electron chi connectivity index (χ1n) is 8.16. The van der Waals surface area contributed by atoms with Crippen LogP contribution in [0.3, 0.4) is 0 Å². The second-order valence-corrected chi connectivity index (χ2v) is 7.93. The SMILES string of the molecule is Cc1[nH]ncc1CCCNC1C2(C)CCC(C2)C1(C)C. The third-order valence-corrected chi connectivity index (χ3v) is 6.18. The van der Waals surface area contributed by atoms with Crippen LogP contribution in [0.4, 0.5) is 0 Å². The van der Waals surface area contributed by atoms with E-state index in [4.69, 9.17) is 0 Å². The number of nitrogens with zero attached hydrogens (tertiary/aromatic N) is 1. The maximum absolute atomic E-state index is 4.10. The predicted molar refractivity (Wildman–Crippen MR) is 82.7 cm³/mol. The van der Waals surface area contributed by atoms with E-state index in [9.17, 15) is 0 Å². The van der Waals surface area contributed by atoms with Crippen molar-refractivity contribution >= 4 is 0 Å². The summed E-state index contributed by atoms with van der Waals surface area (Å²) in [4.78, 5) is 0. The summed E-state index contributed by atoms with van der Waals surface area (Å²) in [6, 6.07) is 0.694. The van der Waals surface area contributed by atoms with Crippen LogP contribution in [0.5, 0.6) is 0 Å². The molecule has 2 aliphatic carbocycles. The van der Waals surface area contributed by atoms with Gasteiger partial charge in [0.2, 0.25) is 0 Å². The normalized spacial score (nSPS) is 34.8. The maximum atomic E-state index is 4.10. The predicted octanol–water partition coefficient (Wildman–Crippen LogP) is 3.46. The molecule has 2 fully saturated rings. The fourth-order valence-corrected chi connectivity index (χ4v) is 4.96. The van der Waals surface area contributed by atoms with Crippen LogP contribution < -0.4 is 5.32 Å². The van der Waals surface area contributed by atoms with Gasteiger partial charge in [0.1, 0.15) is 0 Å². The molecule has 2 bridgehead atoms. The Bertz CT molecular complexity index is 472. The number of aromatic amines is 1. The van der Waals surface area contributed by atoms with Crippen LogP contribution in [0.25, 0.3) is 0 Å². The molecular formula is C17H29N3. The third-order valence-electron chi connectivity index (χ3n) is 6.18. The Balaban J connectivity index is 1.52. The van der Waals surface area contributed by atoms with E-state index < -0.39 is 0 Å². The maximum Gasteiger partial charge on any atom is 0.0522 e. The topological polar surface area (TPSA) is 40.7 Å². The van der Waals surface area contributed by atoms with Crippen molar-refractivity contribution in [3.63, 3.8) is 0 Å². The van der Waals surface area contributed by atoms with Crippen molar-refractivity contribution in [2.75, 3.05) is 6.54 Å². The lowest BCUT2D eigenvalue weighted by Gasteiger charge is -2.43. The summed E-state index contributed by atoms with van der Waals surface area (Å²) in [6.07, 6.45) is 8.59. The molecule has 0 aliphatic heterocycles. The lowest BCUT2D eigenvalue weighted by Crippen LogP contribution is -2.50. The van der Waals surface area contributed by atoms with Crippen molar-refractivity contribution in [3.05, 3.63) is 17.5 Å². The number of rotatable bonds is 5. The smallest absolute Gasteiger partial charge is 0.0522 e. The molecule has 0 spiro atoms. The number of hydrogen-bond acceptors (Lipinski definition) is 2. The van der Waals surface area contributed by atoms with Gasteiger partial charge in [0.25, 0.3) is 0 Å². The van der Waals surface area contributed by atoms with Crippen LogP contribution in [0.2, 0.25) is 0 Å². The first kappa shape index (κ1) is 14.1. The molecule has 2 N–H and O–H groups in total. The van der Waals surface area contributed by atoms with Gasteiger partial charge in [-0.1, -0.05) is 20.8 Å². The summed E-state index contributed by atoms with van der Waals surface area (Å²) < 4.78 is 0. The zero-order chi connectivity index (χ0) is 14.4. The first-order chi connectivity index (χ1) is 9.43. The average Bonchev–Trinajstić information content (AvgIpc) is 3.00. The summed E-state index contributed by atoms with van der Waals surface area (Å²) in [7, 11) is 0. The van der Waals surface area contributed by atoms with Crippen molar-refractivity contribution in [1.82, 2.24) is 15.5 Å². The second kappa shape index (κ2) is 4.87. The Labute approximate surface area is 122 Å². The van der Waals surface area contributed by atoms with E-state index >= 15 is 0 Å². The fourth-order valence-electron chi connectivity index (χ4n) is 4.96. The van der Waals surface area contributed by atoms with Gasteiger partial charge in [-0.2, -0.15) is 5.10 Å². The van der Waals surface area contributed by atoms with Gasteiger partial charge >= 0.3 is 0 Å². The highest BCUT2D eigenvalue weighted by atomic mass is 15.1. The van der Waals surface area contributed by atoms with Gasteiger partial charge in [-0.05, 0) is 67.9 Å². The molecule has 3 rings (SSSR count). The van der Waals surface area contributed by atoms with Crippen molar-refractivity contribution in [1.29, 1.82) is 0 Å². The quantitative estimate of drug-likeness (QED) is 0.808. The van der Waals surface area contributed by atoms with Crippen LogP contribution in [-0.4, -0.2) is 22.8 Å². The molecule has 1 aromatic heterocycles. The minimum atomic E-state index is 0.471. The molecule has 0 aromatic carbocycles. The zero-order valence-electron chi connectivity index (χ0n) is 13.4. The average molecular weight is 275 g/mol. The lowest BCUT2D eigenvalue weighted by atomic mass is 9.68. The van der Waals surface area contributed by atoms with Crippen LogP contribution >= 0.6 is 0 Å². The molecule has 1 heterocycles. The molecule has 0 saturated heterocycles. The van der Waals surface area contributed by atoms with E-state index in [-0.39, 0.29) is 0 Å². The summed E-state index contributed by atoms with van der Waals surface area (Å²) in [5.41, 5.74) is 3.60. The van der Waals surface area contributed by atoms with E-state index in [1.165, 1.54) is 36.9 Å². The molecule has 3 atom stereocenters. The van der Waals surface area contributed by atoms with E-state index in [1.54, 1.807) is 0 Å². The number of aryl methyl sites for hydroxylation is 2. The van der Waals surface area contributed by atoms with Gasteiger partial charge in [0.15, 0.2) is 0 Å². The van der Waals surface area contributed by atoms with E-state index in [0.29, 0.717) is 16.9 Å². The van der Waals surface area contributed by atoms with Crippen molar-refractivity contribution in [3.8, 4) is 0 Å². The van der Waals surface area contributed by atoms with Crippen LogP contribution in [0.15, 0.2) is 6.20 Å². The minimum Gasteiger partial charge on any atom is -0.313 e. The van der Waals surface area contributed by atoms with Gasteiger partial charge in [0, 0.05) is 11.7 Å². The highest BCUT2D eigenvalue weighted by molar-refractivity contribution is 5.15. The fraction of sp³-hybridized carbons (Fsp3) is 0.824. The summed E-state index contributed by atoms with van der Waals surface area (Å²) in [5, 5.41) is 11.0. The number of aromatic nitrogens is 2. The molecule has 2 aliphatic rings. The van der Waals surface area contributed by atoms with Crippen LogP contribution in [0.1, 0.15) is 57.7 Å². The molecule has 0 radical (unpaired) electrons. The number of nitrogens with one attached hydrogen (secondary N) is 2. The van der Waals surface area contributed by atoms with Gasteiger partial charge in [-0.25, -0.2) is 0 Å². The molecule has 1 aromatic rings. The van der Waals surface area contributed by atoms with Gasteiger partial charge in [-0.3, -0.25) is 5.10 Å². The molecule has 3 unspecified atom stereocenters. The standard InChI is InChI=1S/C17H29N3/c1-12-13(11-19-20-12)6-5-9-18-15-16(2,3)14-7-8-17(15,4)10-14/h11,14-15,18H,5-10H2,1-4H3,(H,19,20). The van der Waals surface area contributed by atoms with Crippen LogP contribution in [-0.2, 0) is 6.42 Å². The largest absolute Gasteiger partial charge is 0.313 e. The second-order valence-electron chi connectivity index (χ2n) is 7.93. The zero-order valence-corrected chi connectivity index (χ0v) is 13.4. The molecule has 112 valence electrons. The molecule has 3 heteroatoms. The number of H-pyrrole nitrogens is 1. The van der Waals surface area contributed by atoms with Gasteiger partial charge in [0.05, 0.1) is 6.20 Å². The van der Waals surface area contributed by atoms with Gasteiger partial charge in [-0.15, -0.1) is 0 Å². The first-order valence-corrected chi connectivity index (χ1v) is 8.16. The third kappa shape index (κ3) is 2.20. The van der Waals surface area contributed by atoms with E-state index in [0.717, 1.165) is 18.9 Å². The lowest BCUT2D eigenvalue weighted by molar-refractivity contribution is 0.109. The van der Waals surface area contributed by atoms with Crippen molar-refractivity contribution in [2.24, 2.45) is 16.7 Å². The Morgan fingerprint density at radius 2 is 2.20 bits per heavy atom. The van der Waals surface area contributed by atoms with Gasteiger partial charge < -0.3 is 5.32 Å². The van der Waals surface area contributed by atoms with Crippen LogP contribution in [0, 0.1) is 23.7 Å². The van der Waals surface area contributed by atoms with E-state index in [1.807, 2.05) is 6.20 Å². The number of fused-ring (bicyclic) bond motifs is 2. The highest BCUT2D eigenvalue weighted by Gasteiger charge is 2.58. The molecule has 3 nitrogen and oxygen atoms in total. The Morgan fingerprint density at radius 3 is 2.80 bits per heavy atom. The Kier molecular flexibility index (Phi) is 3.44. The monoisotopic (exact) mass is 275 g/mol.